The lowest BCUT2D eigenvalue weighted by molar-refractivity contribution is 0.251. The molecule has 0 bridgehead atoms. The number of rotatable bonds is 5. The summed E-state index contributed by atoms with van der Waals surface area (Å²) < 4.78 is 0.967. The Morgan fingerprint density at radius 2 is 2.06 bits per heavy atom. The molecule has 88 valence electrons. The molecule has 0 fully saturated rings. The van der Waals surface area contributed by atoms with E-state index >= 15 is 0 Å². The Morgan fingerprint density at radius 3 is 2.56 bits per heavy atom. The van der Waals surface area contributed by atoms with Gasteiger partial charge in [0.1, 0.15) is 0 Å². The van der Waals surface area contributed by atoms with Gasteiger partial charge in [-0.2, -0.15) is 0 Å². The van der Waals surface area contributed by atoms with Crippen molar-refractivity contribution >= 4 is 27.6 Å². The number of carbonyl (C=O) groups excluding carboxylic acids is 1. The molecule has 0 heterocycles. The maximum atomic E-state index is 11.3. The smallest absolute Gasteiger partial charge is 0.333 e. The summed E-state index contributed by atoms with van der Waals surface area (Å²) in [6.07, 6.45) is 2.07. The van der Waals surface area contributed by atoms with Gasteiger partial charge in [-0.3, -0.25) is 0 Å². The summed E-state index contributed by atoms with van der Waals surface area (Å²) in [5.41, 5.74) is 9.04. The van der Waals surface area contributed by atoms with E-state index in [4.69, 9.17) is 5.73 Å². The molecule has 0 spiro atoms. The Labute approximate surface area is 104 Å². The maximum Gasteiger partial charge on any atom is 0.333 e. The lowest BCUT2D eigenvalue weighted by atomic mass is 10.3. The molecule has 2 amide bonds. The number of nitrogens with two attached hydrogens (primary N) is 1. The largest absolute Gasteiger partial charge is 0.350 e. The number of hydrazine groups is 1. The van der Waals surface area contributed by atoms with E-state index in [1.54, 1.807) is 0 Å². The van der Waals surface area contributed by atoms with Crippen LogP contribution in [0, 0.1) is 0 Å². The van der Waals surface area contributed by atoms with E-state index in [0.717, 1.165) is 29.5 Å². The number of halogens is 1. The number of nitrogens with zero attached hydrogens (tertiary/aromatic N) is 1. The zero-order valence-electron chi connectivity index (χ0n) is 9.24. The van der Waals surface area contributed by atoms with Crippen molar-refractivity contribution in [3.8, 4) is 0 Å². The molecule has 0 atom stereocenters. The van der Waals surface area contributed by atoms with E-state index in [0.29, 0.717) is 0 Å². The van der Waals surface area contributed by atoms with Crippen molar-refractivity contribution in [3.63, 3.8) is 0 Å². The highest BCUT2D eigenvalue weighted by atomic mass is 79.9. The van der Waals surface area contributed by atoms with Gasteiger partial charge in [-0.15, -0.1) is 0 Å². The Bertz CT molecular complexity index is 340. The van der Waals surface area contributed by atoms with Gasteiger partial charge >= 0.3 is 6.03 Å². The van der Waals surface area contributed by atoms with Crippen LogP contribution in [-0.2, 0) is 0 Å². The predicted molar refractivity (Wildman–Crippen MR) is 69.1 cm³/mol. The highest BCUT2D eigenvalue weighted by Crippen LogP contribution is 2.16. The van der Waals surface area contributed by atoms with E-state index in [-0.39, 0.29) is 0 Å². The third kappa shape index (κ3) is 3.83. The molecule has 5 heteroatoms. The van der Waals surface area contributed by atoms with E-state index in [1.807, 2.05) is 24.3 Å². The molecule has 0 radical (unpaired) electrons. The highest BCUT2D eigenvalue weighted by molar-refractivity contribution is 9.10. The van der Waals surface area contributed by atoms with Crippen molar-refractivity contribution in [1.82, 2.24) is 5.43 Å². The summed E-state index contributed by atoms with van der Waals surface area (Å²) in [6.45, 7) is 2.82. The number of benzene rings is 1. The molecule has 0 aliphatic heterocycles. The number of hydrogen-bond acceptors (Lipinski definition) is 2. The average molecular weight is 286 g/mol. The van der Waals surface area contributed by atoms with Crippen LogP contribution < -0.4 is 16.2 Å². The fourth-order valence-corrected chi connectivity index (χ4v) is 1.52. The Morgan fingerprint density at radius 1 is 1.44 bits per heavy atom. The molecule has 0 aliphatic rings. The molecule has 0 aliphatic carbocycles. The monoisotopic (exact) mass is 285 g/mol. The Hall–Kier alpha value is -1.07. The first kappa shape index (κ1) is 13.0. The van der Waals surface area contributed by atoms with Gasteiger partial charge in [-0.05, 0) is 30.7 Å². The molecule has 4 nitrogen and oxygen atoms in total. The fraction of sp³-hybridized carbons (Fsp3) is 0.364. The quantitative estimate of drug-likeness (QED) is 0.645. The Kier molecular flexibility index (Phi) is 5.28. The maximum absolute atomic E-state index is 11.3. The summed E-state index contributed by atoms with van der Waals surface area (Å²) in [6, 6.07) is 6.89. The van der Waals surface area contributed by atoms with Gasteiger partial charge in [0, 0.05) is 11.0 Å². The predicted octanol–water partition coefficient (Wildman–Crippen LogP) is 2.64. The van der Waals surface area contributed by atoms with Gasteiger partial charge in [0.05, 0.1) is 5.69 Å². The van der Waals surface area contributed by atoms with E-state index in [9.17, 15) is 4.79 Å². The number of unbranched alkanes of at least 4 members (excludes halogenated alkanes) is 1. The lowest BCUT2D eigenvalue weighted by Crippen LogP contribution is -2.46. The molecule has 1 aromatic rings. The van der Waals surface area contributed by atoms with Gasteiger partial charge in [0.15, 0.2) is 0 Å². The molecule has 16 heavy (non-hydrogen) atoms. The van der Waals surface area contributed by atoms with Crippen LogP contribution in [0.25, 0.3) is 0 Å². The summed E-state index contributed by atoms with van der Waals surface area (Å²) in [5, 5.41) is 1.36. The van der Waals surface area contributed by atoms with Crippen LogP contribution >= 0.6 is 15.9 Å². The van der Waals surface area contributed by atoms with Crippen molar-refractivity contribution < 1.29 is 4.79 Å². The van der Waals surface area contributed by atoms with Gasteiger partial charge in [0.2, 0.25) is 0 Å². The van der Waals surface area contributed by atoms with E-state index < -0.39 is 6.03 Å². The van der Waals surface area contributed by atoms with Crippen molar-refractivity contribution in [2.45, 2.75) is 19.8 Å². The van der Waals surface area contributed by atoms with Gasteiger partial charge in [0.25, 0.3) is 0 Å². The normalized spacial score (nSPS) is 10.1. The van der Waals surface area contributed by atoms with Crippen LogP contribution in [0.3, 0.4) is 0 Å². The van der Waals surface area contributed by atoms with Crippen LogP contribution in [-0.4, -0.2) is 12.6 Å². The molecule has 0 unspecified atom stereocenters. The minimum atomic E-state index is -0.501. The number of carbonyl (C=O) groups is 1. The average Bonchev–Trinajstić information content (AvgIpc) is 2.26. The summed E-state index contributed by atoms with van der Waals surface area (Å²) >= 11 is 3.34. The van der Waals surface area contributed by atoms with E-state index in [2.05, 4.69) is 28.3 Å². The molecule has 0 aromatic heterocycles. The molecular weight excluding hydrogens is 270 g/mol. The zero-order chi connectivity index (χ0) is 12.0. The van der Waals surface area contributed by atoms with Crippen LogP contribution in [0.15, 0.2) is 28.7 Å². The van der Waals surface area contributed by atoms with Crippen molar-refractivity contribution in [3.05, 3.63) is 28.7 Å². The number of hydrogen-bond donors (Lipinski definition) is 2. The van der Waals surface area contributed by atoms with Crippen LogP contribution in [0.4, 0.5) is 10.5 Å². The third-order valence-electron chi connectivity index (χ3n) is 2.11. The number of anilines is 1. The number of primary amides is 1. The van der Waals surface area contributed by atoms with Crippen LogP contribution in [0.5, 0.6) is 0 Å². The summed E-state index contributed by atoms with van der Waals surface area (Å²) in [4.78, 5) is 11.3. The highest BCUT2D eigenvalue weighted by Gasteiger charge is 2.10. The van der Waals surface area contributed by atoms with Gasteiger partial charge in [-0.25, -0.2) is 15.2 Å². The first-order valence-electron chi connectivity index (χ1n) is 5.23. The minimum Gasteiger partial charge on any atom is -0.350 e. The number of urea groups is 1. The molecule has 3 N–H and O–H groups in total. The molecule has 1 aromatic carbocycles. The molecule has 0 saturated heterocycles. The van der Waals surface area contributed by atoms with Gasteiger partial charge in [-0.1, -0.05) is 29.3 Å². The summed E-state index contributed by atoms with van der Waals surface area (Å²) in [7, 11) is 0. The van der Waals surface area contributed by atoms with Crippen LogP contribution in [0.2, 0.25) is 0 Å². The standard InChI is InChI=1S/C11H16BrN3O/c1-2-3-8-14-15(11(13)16)10-6-4-9(12)5-7-10/h4-7,14H,2-3,8H2,1H3,(H2,13,16). The van der Waals surface area contributed by atoms with Crippen LogP contribution in [0.1, 0.15) is 19.8 Å². The Balaban J connectivity index is 2.69. The number of amides is 2. The second-order valence-electron chi connectivity index (χ2n) is 3.41. The van der Waals surface area contributed by atoms with Crippen molar-refractivity contribution in [1.29, 1.82) is 0 Å². The van der Waals surface area contributed by atoms with Crippen molar-refractivity contribution in [2.75, 3.05) is 11.6 Å². The summed E-state index contributed by atoms with van der Waals surface area (Å²) in [5.74, 6) is 0. The first-order chi connectivity index (χ1) is 7.65. The fourth-order valence-electron chi connectivity index (χ4n) is 1.25. The number of nitrogens with one attached hydrogen (secondary N) is 1. The molecule has 1 rings (SSSR count). The molecule has 0 saturated carbocycles. The minimum absolute atomic E-state index is 0.501. The second kappa shape index (κ2) is 6.50. The lowest BCUT2D eigenvalue weighted by Gasteiger charge is -2.21. The van der Waals surface area contributed by atoms with Crippen molar-refractivity contribution in [2.24, 2.45) is 5.73 Å². The SMILES string of the molecule is CCCCNN(C(N)=O)c1ccc(Br)cc1. The topological polar surface area (TPSA) is 58.4 Å². The third-order valence-corrected chi connectivity index (χ3v) is 2.63. The second-order valence-corrected chi connectivity index (χ2v) is 4.33. The zero-order valence-corrected chi connectivity index (χ0v) is 10.8. The first-order valence-corrected chi connectivity index (χ1v) is 6.03. The molecular formula is C11H16BrN3O. The van der Waals surface area contributed by atoms with E-state index in [1.165, 1.54) is 5.01 Å². The van der Waals surface area contributed by atoms with Gasteiger partial charge < -0.3 is 5.73 Å².